The number of nitrogens with zero attached hydrogens (tertiary/aromatic N) is 1. The number of carbonyl (C=O) groups excluding carboxylic acids is 3. The number of hydrogen-bond donors (Lipinski definition) is 1. The fourth-order valence-corrected chi connectivity index (χ4v) is 2.76. The minimum Gasteiger partial charge on any atom is -0.468 e. The molecule has 1 heterocycles. The van der Waals surface area contributed by atoms with E-state index in [0.717, 1.165) is 5.56 Å². The van der Waals surface area contributed by atoms with Crippen molar-refractivity contribution < 1.29 is 19.1 Å². The summed E-state index contributed by atoms with van der Waals surface area (Å²) in [6, 6.07) is 7.49. The van der Waals surface area contributed by atoms with Gasteiger partial charge in [0.25, 0.3) is 0 Å². The van der Waals surface area contributed by atoms with Crippen molar-refractivity contribution in [3.63, 3.8) is 0 Å². The lowest BCUT2D eigenvalue weighted by atomic mass is 9.96. The molecule has 1 saturated heterocycles. The Balaban J connectivity index is 1.85. The molecule has 0 aromatic heterocycles. The van der Waals surface area contributed by atoms with Gasteiger partial charge in [0.2, 0.25) is 11.8 Å². The van der Waals surface area contributed by atoms with Crippen molar-refractivity contribution >= 4 is 29.4 Å². The number of likely N-dealkylation sites (tertiary alicyclic amines) is 1. The van der Waals surface area contributed by atoms with Crippen LogP contribution in [0.3, 0.4) is 0 Å². The first-order chi connectivity index (χ1) is 11.5. The van der Waals surface area contributed by atoms with Crippen molar-refractivity contribution in [2.75, 3.05) is 26.7 Å². The minimum absolute atomic E-state index is 0.0565. The van der Waals surface area contributed by atoms with Crippen molar-refractivity contribution in [2.24, 2.45) is 5.92 Å². The molecule has 24 heavy (non-hydrogen) atoms. The first-order valence-corrected chi connectivity index (χ1v) is 8.24. The van der Waals surface area contributed by atoms with Gasteiger partial charge < -0.3 is 15.0 Å². The van der Waals surface area contributed by atoms with Crippen LogP contribution in [0, 0.1) is 5.92 Å². The van der Waals surface area contributed by atoms with Gasteiger partial charge in [0, 0.05) is 24.5 Å². The molecule has 0 aliphatic carbocycles. The molecule has 1 aliphatic rings. The van der Waals surface area contributed by atoms with E-state index in [9.17, 15) is 14.4 Å². The average Bonchev–Trinajstić information content (AvgIpc) is 2.60. The highest BCUT2D eigenvalue weighted by atomic mass is 35.5. The average molecular weight is 353 g/mol. The first kappa shape index (κ1) is 18.3. The maximum atomic E-state index is 12.1. The Bertz CT molecular complexity index is 603. The van der Waals surface area contributed by atoms with Crippen LogP contribution in [0.2, 0.25) is 5.02 Å². The Hall–Kier alpha value is -2.08. The van der Waals surface area contributed by atoms with Gasteiger partial charge in [0.15, 0.2) is 0 Å². The number of amides is 2. The smallest absolute Gasteiger partial charge is 0.325 e. The molecule has 2 amide bonds. The monoisotopic (exact) mass is 352 g/mol. The highest BCUT2D eigenvalue weighted by Gasteiger charge is 2.30. The molecule has 1 aliphatic heterocycles. The van der Waals surface area contributed by atoms with Crippen LogP contribution >= 0.6 is 11.6 Å². The lowest BCUT2D eigenvalue weighted by Crippen LogP contribution is -2.47. The summed E-state index contributed by atoms with van der Waals surface area (Å²) in [6.07, 6.45) is 1.56. The Morgan fingerprint density at radius 2 is 2.04 bits per heavy atom. The van der Waals surface area contributed by atoms with Gasteiger partial charge in [0.1, 0.15) is 6.54 Å². The second-order valence-electron chi connectivity index (χ2n) is 5.75. The number of methoxy groups -OCH3 is 1. The van der Waals surface area contributed by atoms with Gasteiger partial charge >= 0.3 is 5.97 Å². The predicted molar refractivity (Wildman–Crippen MR) is 89.5 cm³/mol. The molecule has 0 radical (unpaired) electrons. The normalized spacial score (nSPS) is 17.5. The number of benzene rings is 1. The second-order valence-corrected chi connectivity index (χ2v) is 6.18. The largest absolute Gasteiger partial charge is 0.468 e. The Morgan fingerprint density at radius 3 is 2.71 bits per heavy atom. The van der Waals surface area contributed by atoms with Gasteiger partial charge in [-0.2, -0.15) is 0 Å². The third-order valence-corrected chi connectivity index (χ3v) is 4.34. The van der Waals surface area contributed by atoms with Crippen molar-refractivity contribution in [1.29, 1.82) is 0 Å². The van der Waals surface area contributed by atoms with Crippen molar-refractivity contribution in [1.82, 2.24) is 10.2 Å². The number of ether oxygens (including phenoxy) is 1. The summed E-state index contributed by atoms with van der Waals surface area (Å²) >= 11 is 5.86. The second kappa shape index (κ2) is 8.68. The Labute approximate surface area is 146 Å². The molecule has 1 aromatic rings. The minimum atomic E-state index is -0.491. The summed E-state index contributed by atoms with van der Waals surface area (Å²) in [7, 11) is 1.27. The van der Waals surface area contributed by atoms with E-state index in [0.29, 0.717) is 37.4 Å². The standard InChI is InChI=1S/C17H21ClN2O4/c1-24-16(22)10-19-17(23)13-4-7-15(21)20(11-13)9-8-12-2-5-14(18)6-3-12/h2-3,5-6,13H,4,7-11H2,1H3,(H,19,23). The fraction of sp³-hybridized carbons (Fsp3) is 0.471. The molecule has 1 unspecified atom stereocenters. The third-order valence-electron chi connectivity index (χ3n) is 4.09. The number of carbonyl (C=O) groups is 3. The van der Waals surface area contributed by atoms with Crippen LogP contribution in [0.15, 0.2) is 24.3 Å². The molecule has 0 bridgehead atoms. The van der Waals surface area contributed by atoms with E-state index in [-0.39, 0.29) is 24.3 Å². The zero-order chi connectivity index (χ0) is 17.5. The molecule has 1 aromatic carbocycles. The van der Waals surface area contributed by atoms with Crippen LogP contribution in [-0.4, -0.2) is 49.4 Å². The van der Waals surface area contributed by atoms with Gasteiger partial charge in [-0.25, -0.2) is 0 Å². The predicted octanol–water partition coefficient (Wildman–Crippen LogP) is 1.41. The molecule has 1 N–H and O–H groups in total. The molecule has 2 rings (SSSR count). The van der Waals surface area contributed by atoms with Gasteiger partial charge in [-0.3, -0.25) is 14.4 Å². The van der Waals surface area contributed by atoms with Crippen LogP contribution < -0.4 is 5.32 Å². The van der Waals surface area contributed by atoms with Crippen molar-refractivity contribution in [3.8, 4) is 0 Å². The number of nitrogens with one attached hydrogen (secondary N) is 1. The number of esters is 1. The van der Waals surface area contributed by atoms with E-state index in [1.165, 1.54) is 7.11 Å². The van der Waals surface area contributed by atoms with E-state index >= 15 is 0 Å². The van der Waals surface area contributed by atoms with Gasteiger partial charge in [-0.1, -0.05) is 23.7 Å². The molecule has 7 heteroatoms. The molecular formula is C17H21ClN2O4. The summed E-state index contributed by atoms with van der Waals surface area (Å²) in [5, 5.41) is 3.23. The molecule has 0 saturated carbocycles. The summed E-state index contributed by atoms with van der Waals surface area (Å²) in [5.41, 5.74) is 1.09. The summed E-state index contributed by atoms with van der Waals surface area (Å²) < 4.78 is 4.49. The quantitative estimate of drug-likeness (QED) is 0.785. The summed E-state index contributed by atoms with van der Waals surface area (Å²) in [6.45, 7) is 0.783. The van der Waals surface area contributed by atoms with E-state index < -0.39 is 5.97 Å². The molecule has 1 fully saturated rings. The van der Waals surface area contributed by atoms with Crippen LogP contribution in [0.1, 0.15) is 18.4 Å². The fourth-order valence-electron chi connectivity index (χ4n) is 2.64. The third kappa shape index (κ3) is 5.23. The van der Waals surface area contributed by atoms with Crippen molar-refractivity contribution in [2.45, 2.75) is 19.3 Å². The lowest BCUT2D eigenvalue weighted by Gasteiger charge is -2.32. The van der Waals surface area contributed by atoms with Gasteiger partial charge in [0.05, 0.1) is 13.0 Å². The van der Waals surface area contributed by atoms with Crippen molar-refractivity contribution in [3.05, 3.63) is 34.9 Å². The van der Waals surface area contributed by atoms with E-state index in [1.54, 1.807) is 4.90 Å². The number of rotatable bonds is 6. The van der Waals surface area contributed by atoms with Crippen LogP contribution in [0.4, 0.5) is 0 Å². The molecule has 6 nitrogen and oxygen atoms in total. The van der Waals surface area contributed by atoms with E-state index in [4.69, 9.17) is 11.6 Å². The van der Waals surface area contributed by atoms with E-state index in [2.05, 4.69) is 10.1 Å². The topological polar surface area (TPSA) is 75.7 Å². The SMILES string of the molecule is COC(=O)CNC(=O)C1CCC(=O)N(CCc2ccc(Cl)cc2)C1. The maximum Gasteiger partial charge on any atom is 0.325 e. The molecule has 0 spiro atoms. The van der Waals surface area contributed by atoms with Gasteiger partial charge in [-0.05, 0) is 30.5 Å². The number of piperidine rings is 1. The van der Waals surface area contributed by atoms with E-state index in [1.807, 2.05) is 24.3 Å². The molecule has 130 valence electrons. The highest BCUT2D eigenvalue weighted by Crippen LogP contribution is 2.19. The first-order valence-electron chi connectivity index (χ1n) is 7.86. The zero-order valence-corrected chi connectivity index (χ0v) is 14.3. The highest BCUT2D eigenvalue weighted by molar-refractivity contribution is 6.30. The summed E-state index contributed by atoms with van der Waals surface area (Å²) in [4.78, 5) is 37.0. The molecular weight excluding hydrogens is 332 g/mol. The molecule has 1 atom stereocenters. The lowest BCUT2D eigenvalue weighted by molar-refractivity contribution is -0.143. The number of hydrogen-bond acceptors (Lipinski definition) is 4. The van der Waals surface area contributed by atoms with Crippen LogP contribution in [0.5, 0.6) is 0 Å². The summed E-state index contributed by atoms with van der Waals surface area (Å²) in [5.74, 6) is -0.947. The van der Waals surface area contributed by atoms with Crippen LogP contribution in [-0.2, 0) is 25.5 Å². The van der Waals surface area contributed by atoms with Crippen LogP contribution in [0.25, 0.3) is 0 Å². The Morgan fingerprint density at radius 1 is 1.33 bits per heavy atom. The number of halogens is 1. The Kier molecular flexibility index (Phi) is 6.61. The maximum absolute atomic E-state index is 12.1. The van der Waals surface area contributed by atoms with Gasteiger partial charge in [-0.15, -0.1) is 0 Å². The zero-order valence-electron chi connectivity index (χ0n) is 13.6.